The van der Waals surface area contributed by atoms with E-state index in [0.29, 0.717) is 11.8 Å². The molecule has 4 unspecified atom stereocenters. The zero-order valence-electron chi connectivity index (χ0n) is 11.5. The minimum atomic E-state index is -3.55. The number of hydrogen-bond donors (Lipinski definition) is 2. The Labute approximate surface area is 118 Å². The second-order valence-corrected chi connectivity index (χ2v) is 7.85. The molecule has 110 valence electrons. The average Bonchev–Trinajstić information content (AvgIpc) is 3.01. The molecule has 2 aliphatic carbocycles. The first kappa shape index (κ1) is 13.8. The van der Waals surface area contributed by atoms with Crippen molar-refractivity contribution in [3.05, 3.63) is 28.7 Å². The average molecular weight is 296 g/mol. The summed E-state index contributed by atoms with van der Waals surface area (Å²) < 4.78 is 27.3. The summed E-state index contributed by atoms with van der Waals surface area (Å²) in [6.45, 7) is 1.95. The first-order chi connectivity index (χ1) is 9.45. The number of aromatic amines is 1. The lowest BCUT2D eigenvalue weighted by molar-refractivity contribution is 0.280. The molecule has 2 saturated carbocycles. The maximum absolute atomic E-state index is 12.3. The minimum Gasteiger partial charge on any atom is -0.328 e. The van der Waals surface area contributed by atoms with Crippen LogP contribution in [0.25, 0.3) is 0 Å². The summed E-state index contributed by atoms with van der Waals surface area (Å²) in [4.78, 5) is 13.5. The lowest BCUT2D eigenvalue weighted by Gasteiger charge is -2.28. The Morgan fingerprint density at radius 1 is 1.30 bits per heavy atom. The molecule has 2 N–H and O–H groups in total. The molecule has 3 rings (SSSR count). The second kappa shape index (κ2) is 5.00. The third kappa shape index (κ3) is 2.54. The second-order valence-electron chi connectivity index (χ2n) is 6.14. The van der Waals surface area contributed by atoms with E-state index in [9.17, 15) is 13.2 Å². The Hall–Kier alpha value is -1.14. The molecule has 0 aromatic carbocycles. The number of fused-ring (bicyclic) bond motifs is 2. The summed E-state index contributed by atoms with van der Waals surface area (Å²) in [5, 5.41) is 0. The molecule has 5 nitrogen and oxygen atoms in total. The van der Waals surface area contributed by atoms with Gasteiger partial charge >= 0.3 is 0 Å². The van der Waals surface area contributed by atoms with Gasteiger partial charge in [0.2, 0.25) is 15.6 Å². The molecule has 1 aromatic rings. The summed E-state index contributed by atoms with van der Waals surface area (Å²) in [5.74, 6) is 1.92. The summed E-state index contributed by atoms with van der Waals surface area (Å²) in [6, 6.07) is 2.52. The van der Waals surface area contributed by atoms with Crippen LogP contribution < -0.4 is 10.3 Å². The molecular weight excluding hydrogens is 276 g/mol. The molecule has 20 heavy (non-hydrogen) atoms. The zero-order chi connectivity index (χ0) is 14.3. The van der Waals surface area contributed by atoms with E-state index in [2.05, 4.69) is 9.71 Å². The molecule has 0 saturated heterocycles. The van der Waals surface area contributed by atoms with Crippen molar-refractivity contribution in [3.8, 4) is 0 Å². The fourth-order valence-corrected chi connectivity index (χ4v) is 5.13. The van der Waals surface area contributed by atoms with Crippen molar-refractivity contribution in [2.45, 2.75) is 43.5 Å². The van der Waals surface area contributed by atoms with Gasteiger partial charge in [-0.2, -0.15) is 0 Å². The lowest BCUT2D eigenvalue weighted by Crippen LogP contribution is -2.40. The van der Waals surface area contributed by atoms with Crippen LogP contribution in [0.4, 0.5) is 0 Å². The van der Waals surface area contributed by atoms with Crippen molar-refractivity contribution in [2.75, 3.05) is 0 Å². The van der Waals surface area contributed by atoms with Gasteiger partial charge in [-0.3, -0.25) is 4.79 Å². The molecule has 0 radical (unpaired) electrons. The Balaban J connectivity index is 1.73. The number of aromatic nitrogens is 1. The molecule has 0 amide bonds. The molecule has 0 aliphatic heterocycles. The number of H-pyrrole nitrogens is 1. The maximum Gasteiger partial charge on any atom is 0.247 e. The normalized spacial score (nSPS) is 30.6. The molecule has 0 spiro atoms. The number of pyridine rings is 1. The summed E-state index contributed by atoms with van der Waals surface area (Å²) in [5.41, 5.74) is -0.301. The Morgan fingerprint density at radius 2 is 2.10 bits per heavy atom. The Kier molecular flexibility index (Phi) is 3.46. The quantitative estimate of drug-likeness (QED) is 0.883. The Morgan fingerprint density at radius 3 is 2.65 bits per heavy atom. The summed E-state index contributed by atoms with van der Waals surface area (Å²) in [7, 11) is -3.55. The molecule has 6 heteroatoms. The highest BCUT2D eigenvalue weighted by atomic mass is 32.2. The maximum atomic E-state index is 12.3. The van der Waals surface area contributed by atoms with E-state index in [1.165, 1.54) is 37.6 Å². The molecule has 1 heterocycles. The van der Waals surface area contributed by atoms with E-state index in [0.717, 1.165) is 12.3 Å². The van der Waals surface area contributed by atoms with E-state index in [-0.39, 0.29) is 16.5 Å². The zero-order valence-corrected chi connectivity index (χ0v) is 12.3. The summed E-state index contributed by atoms with van der Waals surface area (Å²) >= 11 is 0. The number of rotatable bonds is 4. The highest BCUT2D eigenvalue weighted by molar-refractivity contribution is 7.89. The van der Waals surface area contributed by atoms with Gasteiger partial charge < -0.3 is 4.98 Å². The van der Waals surface area contributed by atoms with Crippen molar-refractivity contribution < 1.29 is 8.42 Å². The van der Waals surface area contributed by atoms with Crippen LogP contribution >= 0.6 is 0 Å². The fourth-order valence-electron chi connectivity index (χ4n) is 3.87. The third-order valence-corrected chi connectivity index (χ3v) is 6.40. The van der Waals surface area contributed by atoms with Crippen molar-refractivity contribution in [1.82, 2.24) is 9.71 Å². The van der Waals surface area contributed by atoms with Crippen LogP contribution in [0.2, 0.25) is 0 Å². The molecule has 2 bridgehead atoms. The summed E-state index contributed by atoms with van der Waals surface area (Å²) in [6.07, 6.45) is 6.19. The van der Waals surface area contributed by atoms with Gasteiger partial charge in [-0.1, -0.05) is 6.42 Å². The molecule has 2 aliphatic rings. The van der Waals surface area contributed by atoms with E-state index < -0.39 is 10.0 Å². The van der Waals surface area contributed by atoms with Gasteiger partial charge in [-0.05, 0) is 50.0 Å². The predicted octanol–water partition coefficient (Wildman–Crippen LogP) is 1.48. The van der Waals surface area contributed by atoms with Crippen molar-refractivity contribution in [1.29, 1.82) is 0 Å². The van der Waals surface area contributed by atoms with Gasteiger partial charge in [0.15, 0.2) is 0 Å². The van der Waals surface area contributed by atoms with Crippen LogP contribution in [0.1, 0.15) is 32.6 Å². The van der Waals surface area contributed by atoms with Crippen LogP contribution in [-0.4, -0.2) is 19.4 Å². The molecular formula is C14H20N2O3S. The van der Waals surface area contributed by atoms with Crippen LogP contribution in [0.5, 0.6) is 0 Å². The predicted molar refractivity (Wildman–Crippen MR) is 75.8 cm³/mol. The van der Waals surface area contributed by atoms with Crippen LogP contribution in [0.15, 0.2) is 28.0 Å². The Bertz CT molecular complexity index is 632. The first-order valence-corrected chi connectivity index (χ1v) is 8.65. The van der Waals surface area contributed by atoms with Gasteiger partial charge in [0, 0.05) is 18.3 Å². The monoisotopic (exact) mass is 296 g/mol. The van der Waals surface area contributed by atoms with Gasteiger partial charge in [0.1, 0.15) is 0 Å². The largest absolute Gasteiger partial charge is 0.328 e. The minimum absolute atomic E-state index is 0.0535. The van der Waals surface area contributed by atoms with Gasteiger partial charge in [-0.15, -0.1) is 0 Å². The van der Waals surface area contributed by atoms with Crippen LogP contribution in [0, 0.1) is 17.8 Å². The van der Waals surface area contributed by atoms with Gasteiger partial charge in [0.05, 0.1) is 4.90 Å². The number of sulfonamides is 1. The SMILES string of the molecule is CC(NS(=O)(=O)c1ccc(=O)[nH]c1)C1CC2CCC1C2. The fraction of sp³-hybridized carbons (Fsp3) is 0.643. The smallest absolute Gasteiger partial charge is 0.247 e. The molecule has 4 atom stereocenters. The van der Waals surface area contributed by atoms with E-state index in [1.54, 1.807) is 0 Å². The van der Waals surface area contributed by atoms with Gasteiger partial charge in [-0.25, -0.2) is 13.1 Å². The van der Waals surface area contributed by atoms with E-state index >= 15 is 0 Å². The van der Waals surface area contributed by atoms with Crippen molar-refractivity contribution >= 4 is 10.0 Å². The van der Waals surface area contributed by atoms with E-state index in [4.69, 9.17) is 0 Å². The number of hydrogen-bond acceptors (Lipinski definition) is 3. The van der Waals surface area contributed by atoms with Crippen LogP contribution in [-0.2, 0) is 10.0 Å². The van der Waals surface area contributed by atoms with Gasteiger partial charge in [0.25, 0.3) is 0 Å². The van der Waals surface area contributed by atoms with Crippen molar-refractivity contribution in [2.24, 2.45) is 17.8 Å². The highest BCUT2D eigenvalue weighted by Crippen LogP contribution is 2.49. The first-order valence-electron chi connectivity index (χ1n) is 7.17. The molecule has 2 fully saturated rings. The standard InChI is InChI=1S/C14H20N2O3S/c1-9(13-7-10-2-3-11(13)6-10)16-20(18,19)12-4-5-14(17)15-8-12/h4-5,8-11,13,16H,2-3,6-7H2,1H3,(H,15,17). The number of nitrogens with one attached hydrogen (secondary N) is 2. The lowest BCUT2D eigenvalue weighted by atomic mass is 9.84. The molecule has 1 aromatic heterocycles. The topological polar surface area (TPSA) is 79.0 Å². The van der Waals surface area contributed by atoms with Crippen LogP contribution in [0.3, 0.4) is 0 Å². The highest BCUT2D eigenvalue weighted by Gasteiger charge is 2.42. The van der Waals surface area contributed by atoms with Crippen molar-refractivity contribution in [3.63, 3.8) is 0 Å². The van der Waals surface area contributed by atoms with E-state index in [1.807, 2.05) is 6.92 Å². The third-order valence-electron chi connectivity index (χ3n) is 4.84.